The Balaban J connectivity index is -0.000000722. The quantitative estimate of drug-likeness (QED) is 0.165. The predicted molar refractivity (Wildman–Crippen MR) is 233 cm³/mol. The lowest BCUT2D eigenvalue weighted by molar-refractivity contribution is -0.127. The van der Waals surface area contributed by atoms with Crippen molar-refractivity contribution in [2.45, 2.75) is 143 Å². The average molecular weight is 910 g/mol. The minimum absolute atomic E-state index is 0.0261. The Hall–Kier alpha value is -2.38. The van der Waals surface area contributed by atoms with Gasteiger partial charge in [0.15, 0.2) is 0 Å². The normalized spacial score (nSPS) is 24.5. The minimum atomic E-state index is -0.886. The van der Waals surface area contributed by atoms with E-state index in [-0.39, 0.29) is 69.0 Å². The number of rotatable bonds is 3. The first-order valence-corrected chi connectivity index (χ1v) is 23.0. The van der Waals surface area contributed by atoms with Crippen molar-refractivity contribution in [3.8, 4) is 0 Å². The summed E-state index contributed by atoms with van der Waals surface area (Å²) < 4.78 is 64.4. The average Bonchev–Trinajstić information content (AvgIpc) is 3.79. The second-order valence-electron chi connectivity index (χ2n) is 15.2. The number of carbonyl (C=O) groups is 4. The van der Waals surface area contributed by atoms with Crippen LogP contribution in [0.5, 0.6) is 0 Å². The van der Waals surface area contributed by atoms with E-state index in [4.69, 9.17) is 30.9 Å². The van der Waals surface area contributed by atoms with Gasteiger partial charge >= 0.3 is 18.3 Å². The molecular weight excluding hydrogens is 840 g/mol. The molecule has 3 heterocycles. The van der Waals surface area contributed by atoms with Gasteiger partial charge < -0.3 is 24.2 Å². The molecule has 3 aliphatic rings. The van der Waals surface area contributed by atoms with Crippen molar-refractivity contribution in [1.29, 1.82) is 0 Å². The van der Waals surface area contributed by atoms with Crippen LogP contribution in [0, 0.1) is 17.8 Å². The summed E-state index contributed by atoms with van der Waals surface area (Å²) in [7, 11) is 8.55. The molecule has 0 aromatic carbocycles. The number of hydrogen-bond donors (Lipinski definition) is 1. The fraction of sp³-hybridized carbons (Fsp3) is 0.722. The maximum absolute atomic E-state index is 11.9. The number of hydrogen-bond acceptors (Lipinski definition) is 11. The van der Waals surface area contributed by atoms with E-state index >= 15 is 0 Å². The van der Waals surface area contributed by atoms with Crippen LogP contribution in [0.3, 0.4) is 0 Å². The largest absolute Gasteiger partial charge is 0.444 e. The number of aliphatic hydroxyl groups excluding tert-OH is 1. The van der Waals surface area contributed by atoms with Gasteiger partial charge in [0.05, 0.1) is 0 Å². The molecule has 1 unspecified atom stereocenters. The van der Waals surface area contributed by atoms with Gasteiger partial charge in [0, 0.05) is 53.5 Å². The van der Waals surface area contributed by atoms with Gasteiger partial charge in [0.25, 0.3) is 0 Å². The first kappa shape index (κ1) is 51.6. The Labute approximate surface area is 355 Å². The zero-order valence-electron chi connectivity index (χ0n) is 36.9. The van der Waals surface area contributed by atoms with E-state index in [1.54, 1.807) is 58.6 Å². The third kappa shape index (κ3) is 23.1. The van der Waals surface area contributed by atoms with Crippen LogP contribution >= 0.6 is 24.0 Å². The molecule has 0 spiro atoms. The molecule has 0 aliphatic carbocycles. The molecule has 0 aromatic rings. The molecule has 4 amide bonds. The molecular formula is C36H64N3O11P3S3. The second-order valence-corrected chi connectivity index (χ2v) is 17.2. The summed E-state index contributed by atoms with van der Waals surface area (Å²) in [5.74, 6) is -0.256. The van der Waals surface area contributed by atoms with Crippen LogP contribution in [0.4, 0.5) is 14.4 Å². The van der Waals surface area contributed by atoms with Crippen molar-refractivity contribution in [2.75, 3.05) is 6.54 Å². The fourth-order valence-corrected chi connectivity index (χ4v) is 5.07. The van der Waals surface area contributed by atoms with Crippen LogP contribution in [0.15, 0.2) is 38.0 Å². The summed E-state index contributed by atoms with van der Waals surface area (Å²) in [5, 5.41) is 9.85. The summed E-state index contributed by atoms with van der Waals surface area (Å²) >= 11 is 0. The molecule has 14 nitrogen and oxygen atoms in total. The van der Waals surface area contributed by atoms with E-state index in [2.05, 4.69) is 43.8 Å². The zero-order valence-corrected chi connectivity index (χ0v) is 39.4. The van der Waals surface area contributed by atoms with Gasteiger partial charge in [0.2, 0.25) is 5.91 Å². The van der Waals surface area contributed by atoms with Gasteiger partial charge in [-0.25, -0.2) is 31.9 Å². The molecule has 0 aromatic heterocycles. The number of ether oxygens (including phenoxy) is 3. The Morgan fingerprint density at radius 2 is 1.11 bits per heavy atom. The van der Waals surface area contributed by atoms with Gasteiger partial charge in [0.1, 0.15) is 55.6 Å². The standard InChI is InChI=1S/C12H21NO3.C12H19NO3.C12H21NO2.3HOPS/c2*1-6-9-7-10(14)13(8(9)2)11(15)16-12(3,4)5;1-6-10-7-8-13(9(10)2)11(14)15-12(3,4)5;3*1-3-2/h6,8-10,14H,1,7H2,2-5H3;6,8-9H,1,7H2,2-5H3;6,9-10H,1,7-8H2,2-5H3;3*2H/t8-,9+,10?;8-,9+;9-,10+;;;/m111.../s1/i3*2T;;;. The molecule has 3 rings (SSSR count). The molecule has 0 saturated carbocycles. The van der Waals surface area contributed by atoms with E-state index in [9.17, 15) is 24.3 Å². The van der Waals surface area contributed by atoms with Gasteiger partial charge in [-0.15, -0.1) is 19.7 Å². The highest BCUT2D eigenvalue weighted by Crippen LogP contribution is 2.31. The van der Waals surface area contributed by atoms with Crippen molar-refractivity contribution in [3.63, 3.8) is 0 Å². The maximum Gasteiger partial charge on any atom is 0.417 e. The van der Waals surface area contributed by atoms with Crippen LogP contribution in [0.25, 0.3) is 0 Å². The van der Waals surface area contributed by atoms with Gasteiger partial charge in [-0.3, -0.25) is 9.69 Å². The number of likely N-dealkylation sites (tertiary alicyclic amines) is 3. The molecule has 0 radical (unpaired) electrons. The van der Waals surface area contributed by atoms with E-state index in [1.807, 2.05) is 26.8 Å². The fourth-order valence-electron chi connectivity index (χ4n) is 5.07. The van der Waals surface area contributed by atoms with Crippen LogP contribution in [0.1, 0.15) is 106 Å². The molecule has 3 fully saturated rings. The van der Waals surface area contributed by atoms with Crippen LogP contribution in [-0.4, -0.2) is 104 Å². The van der Waals surface area contributed by atoms with Crippen molar-refractivity contribution >= 4 is 80.8 Å². The monoisotopic (exact) mass is 909 g/mol. The zero-order chi connectivity index (χ0) is 46.9. The van der Waals surface area contributed by atoms with E-state index in [0.29, 0.717) is 45.5 Å². The lowest BCUT2D eigenvalue weighted by atomic mass is 10.0. The van der Waals surface area contributed by atoms with Crippen LogP contribution < -0.4 is 0 Å². The SMILES string of the molecule is O=S=P.O=S=P.O=S=P.[3H]C[C@@H]1[C@@H](C=C)CC(=O)N1C(=O)OC(C)(C)C.[3H]C[C@@H]1[C@@H](C=C)CC(O)N1C(=O)OC(C)(C)C.[3H]C[C@@H]1[C@@H](C=C)CCN1C(=O)OC(C)(C)C. The summed E-state index contributed by atoms with van der Waals surface area (Å²) in [5.41, 5.74) is -1.72. The van der Waals surface area contributed by atoms with Crippen molar-refractivity contribution < 1.29 is 55.2 Å². The summed E-state index contributed by atoms with van der Waals surface area (Å²) in [6, 6.07) is -0.875. The Morgan fingerprint density at radius 3 is 1.48 bits per heavy atom. The molecule has 3 aliphatic heterocycles. The third-order valence-electron chi connectivity index (χ3n) is 7.49. The Morgan fingerprint density at radius 1 is 0.714 bits per heavy atom. The van der Waals surface area contributed by atoms with Crippen LogP contribution in [0.2, 0.25) is 0 Å². The van der Waals surface area contributed by atoms with Crippen molar-refractivity contribution in [1.82, 2.24) is 14.7 Å². The highest BCUT2D eigenvalue weighted by atomic mass is 32.4. The van der Waals surface area contributed by atoms with E-state index < -0.39 is 41.3 Å². The highest BCUT2D eigenvalue weighted by molar-refractivity contribution is 7.93. The maximum atomic E-state index is 11.9. The smallest absolute Gasteiger partial charge is 0.417 e. The molecule has 0 bridgehead atoms. The Bertz CT molecular complexity index is 1470. The van der Waals surface area contributed by atoms with E-state index in [0.717, 1.165) is 11.3 Å². The molecule has 56 heavy (non-hydrogen) atoms. The lowest BCUT2D eigenvalue weighted by Crippen LogP contribution is -2.43. The lowest BCUT2D eigenvalue weighted by Gasteiger charge is -2.29. The molecule has 1 N–H and O–H groups in total. The number of aliphatic hydroxyl groups is 1. The highest BCUT2D eigenvalue weighted by Gasteiger charge is 2.42. The van der Waals surface area contributed by atoms with Crippen molar-refractivity contribution in [2.24, 2.45) is 17.8 Å². The topological polar surface area (TPSA) is 177 Å². The van der Waals surface area contributed by atoms with Gasteiger partial charge in [-0.2, -0.15) is 0 Å². The molecule has 20 heteroatoms. The second kappa shape index (κ2) is 28.1. The number of carbonyl (C=O) groups excluding carboxylic acids is 4. The molecule has 7 atom stereocenters. The number of imide groups is 1. The van der Waals surface area contributed by atoms with Gasteiger partial charge in [-0.1, -0.05) is 18.2 Å². The summed E-state index contributed by atoms with van der Waals surface area (Å²) in [6.45, 7) is 28.0. The summed E-state index contributed by atoms with van der Waals surface area (Å²) in [6.07, 6.45) is 4.26. The van der Waals surface area contributed by atoms with Gasteiger partial charge in [-0.05, 0) is 119 Å². The first-order chi connectivity index (χ1) is 27.2. The number of amides is 4. The third-order valence-corrected chi connectivity index (χ3v) is 7.49. The first-order valence-electron chi connectivity index (χ1n) is 19.2. The van der Waals surface area contributed by atoms with Crippen molar-refractivity contribution in [3.05, 3.63) is 38.0 Å². The predicted octanol–water partition coefficient (Wildman–Crippen LogP) is 8.07. The number of nitrogens with zero attached hydrogens (tertiary/aromatic N) is 3. The van der Waals surface area contributed by atoms with E-state index in [1.165, 1.54) is 4.90 Å². The summed E-state index contributed by atoms with van der Waals surface area (Å²) in [4.78, 5) is 51.4. The Kier molecular flexibility index (Phi) is 25.9. The molecule has 322 valence electrons. The van der Waals surface area contributed by atoms with Crippen LogP contribution in [-0.2, 0) is 51.5 Å². The minimum Gasteiger partial charge on any atom is -0.444 e. The molecule has 3 saturated heterocycles.